The van der Waals surface area contributed by atoms with Crippen LogP contribution in [0.25, 0.3) is 0 Å². The molecule has 2 aliphatic rings. The third kappa shape index (κ3) is 3.66. The van der Waals surface area contributed by atoms with Gasteiger partial charge in [-0.25, -0.2) is 0 Å². The van der Waals surface area contributed by atoms with Crippen LogP contribution in [-0.2, 0) is 6.42 Å². The van der Waals surface area contributed by atoms with Crippen molar-refractivity contribution in [2.24, 2.45) is 0 Å². The van der Waals surface area contributed by atoms with Gasteiger partial charge in [0.15, 0.2) is 0 Å². The van der Waals surface area contributed by atoms with Gasteiger partial charge in [-0.3, -0.25) is 14.7 Å². The van der Waals surface area contributed by atoms with Gasteiger partial charge in [-0.1, -0.05) is 18.2 Å². The molecule has 1 atom stereocenters. The summed E-state index contributed by atoms with van der Waals surface area (Å²) in [5.74, 6) is 1.00. The zero-order valence-electron chi connectivity index (χ0n) is 14.3. The van der Waals surface area contributed by atoms with E-state index in [4.69, 9.17) is 4.74 Å². The second-order valence-electron chi connectivity index (χ2n) is 6.72. The summed E-state index contributed by atoms with van der Waals surface area (Å²) in [6.45, 7) is 4.43. The van der Waals surface area contributed by atoms with Crippen molar-refractivity contribution in [1.82, 2.24) is 14.8 Å². The molecule has 0 spiro atoms. The van der Waals surface area contributed by atoms with Crippen molar-refractivity contribution < 1.29 is 9.53 Å². The number of pyridine rings is 1. The number of likely N-dealkylation sites (tertiary alicyclic amines) is 1. The van der Waals surface area contributed by atoms with Gasteiger partial charge < -0.3 is 9.64 Å². The molecule has 2 aliphatic heterocycles. The summed E-state index contributed by atoms with van der Waals surface area (Å²) in [5.41, 5.74) is 2.04. The average molecular weight is 337 g/mol. The maximum Gasteiger partial charge on any atom is 0.254 e. The number of fused-ring (bicyclic) bond motifs is 1. The van der Waals surface area contributed by atoms with E-state index in [1.54, 1.807) is 12.4 Å². The lowest BCUT2D eigenvalue weighted by molar-refractivity contribution is 0.0722. The first-order valence-corrected chi connectivity index (χ1v) is 8.96. The lowest BCUT2D eigenvalue weighted by Gasteiger charge is -2.30. The minimum Gasteiger partial charge on any atom is -0.487 e. The van der Waals surface area contributed by atoms with Crippen molar-refractivity contribution >= 4 is 5.91 Å². The van der Waals surface area contributed by atoms with E-state index in [1.807, 2.05) is 35.2 Å². The van der Waals surface area contributed by atoms with E-state index in [1.165, 1.54) is 5.56 Å². The highest BCUT2D eigenvalue weighted by Crippen LogP contribution is 2.20. The van der Waals surface area contributed by atoms with Gasteiger partial charge in [-0.15, -0.1) is 0 Å². The smallest absolute Gasteiger partial charge is 0.254 e. The summed E-state index contributed by atoms with van der Waals surface area (Å²) in [4.78, 5) is 21.1. The highest BCUT2D eigenvalue weighted by molar-refractivity contribution is 5.96. The van der Waals surface area contributed by atoms with Crippen LogP contribution in [0.4, 0.5) is 0 Å². The van der Waals surface area contributed by atoms with Gasteiger partial charge in [0.25, 0.3) is 5.91 Å². The highest BCUT2D eigenvalue weighted by Gasteiger charge is 2.27. The molecule has 1 saturated heterocycles. The number of rotatable bonds is 5. The molecule has 4 rings (SSSR count). The minimum atomic E-state index is 0.171. The molecule has 0 bridgehead atoms. The summed E-state index contributed by atoms with van der Waals surface area (Å²) in [7, 11) is 0. The lowest BCUT2D eigenvalue weighted by atomic mass is 9.99. The molecular weight excluding hydrogens is 314 g/mol. The van der Waals surface area contributed by atoms with Gasteiger partial charge in [0.1, 0.15) is 11.9 Å². The maximum atomic E-state index is 12.6. The molecule has 3 heterocycles. The molecule has 0 aliphatic carbocycles. The molecule has 0 unspecified atom stereocenters. The third-order valence-electron chi connectivity index (χ3n) is 5.04. The van der Waals surface area contributed by atoms with E-state index in [2.05, 4.69) is 16.0 Å². The standard InChI is InChI=1S/C20H23N3O2/c24-20-19-6-2-1-4-16(19)7-11-23(20)13-12-22-10-8-18(15-22)25-17-5-3-9-21-14-17/h1-6,9,14,18H,7-8,10-13,15H2/t18-/m1/s1. The predicted octanol–water partition coefficient (Wildman–Crippen LogP) is 2.23. The molecule has 1 aromatic heterocycles. The zero-order valence-corrected chi connectivity index (χ0v) is 14.3. The normalized spacial score (nSPS) is 20.6. The molecular formula is C20H23N3O2. The van der Waals surface area contributed by atoms with Crippen LogP contribution in [0.15, 0.2) is 48.8 Å². The number of hydrogen-bond acceptors (Lipinski definition) is 4. The molecule has 5 heteroatoms. The molecule has 0 radical (unpaired) electrons. The van der Waals surface area contributed by atoms with E-state index in [-0.39, 0.29) is 12.0 Å². The monoisotopic (exact) mass is 337 g/mol. The quantitative estimate of drug-likeness (QED) is 0.839. The third-order valence-corrected chi connectivity index (χ3v) is 5.04. The summed E-state index contributed by atoms with van der Waals surface area (Å²) in [6.07, 6.45) is 5.69. The first-order chi connectivity index (χ1) is 12.3. The lowest BCUT2D eigenvalue weighted by Crippen LogP contribution is -2.42. The van der Waals surface area contributed by atoms with Crippen LogP contribution >= 0.6 is 0 Å². The number of ether oxygens (including phenoxy) is 1. The molecule has 1 aromatic carbocycles. The molecule has 5 nitrogen and oxygen atoms in total. The number of benzene rings is 1. The Morgan fingerprint density at radius 1 is 1.12 bits per heavy atom. The Labute approximate surface area is 148 Å². The van der Waals surface area contributed by atoms with E-state index in [0.29, 0.717) is 0 Å². The number of aromatic nitrogens is 1. The van der Waals surface area contributed by atoms with Crippen LogP contribution in [0, 0.1) is 0 Å². The molecule has 0 N–H and O–H groups in total. The predicted molar refractivity (Wildman–Crippen MR) is 95.8 cm³/mol. The van der Waals surface area contributed by atoms with Crippen LogP contribution in [-0.4, -0.2) is 59.5 Å². The van der Waals surface area contributed by atoms with E-state index >= 15 is 0 Å². The Hall–Kier alpha value is -2.40. The van der Waals surface area contributed by atoms with Crippen molar-refractivity contribution in [3.8, 4) is 5.75 Å². The summed E-state index contributed by atoms with van der Waals surface area (Å²) in [5, 5.41) is 0. The first kappa shape index (κ1) is 16.1. The number of carbonyl (C=O) groups is 1. The van der Waals surface area contributed by atoms with Gasteiger partial charge in [0.2, 0.25) is 0 Å². The number of amides is 1. The fourth-order valence-corrected chi connectivity index (χ4v) is 3.66. The SMILES string of the molecule is O=C1c2ccccc2CCN1CCN1CC[C@@H](Oc2cccnc2)C1. The second-order valence-corrected chi connectivity index (χ2v) is 6.72. The number of hydrogen-bond donors (Lipinski definition) is 0. The topological polar surface area (TPSA) is 45.7 Å². The Kier molecular flexibility index (Phi) is 4.65. The van der Waals surface area contributed by atoms with E-state index in [9.17, 15) is 4.79 Å². The fourth-order valence-electron chi connectivity index (χ4n) is 3.66. The van der Waals surface area contributed by atoms with Crippen molar-refractivity contribution in [2.75, 3.05) is 32.7 Å². The second kappa shape index (κ2) is 7.23. The molecule has 1 amide bonds. The minimum absolute atomic E-state index is 0.171. The molecule has 2 aromatic rings. The summed E-state index contributed by atoms with van der Waals surface area (Å²) in [6, 6.07) is 11.8. The average Bonchev–Trinajstić information content (AvgIpc) is 3.10. The number of carbonyl (C=O) groups excluding carboxylic acids is 1. The van der Waals surface area contributed by atoms with Gasteiger partial charge in [0.05, 0.1) is 6.20 Å². The fraction of sp³-hybridized carbons (Fsp3) is 0.400. The Morgan fingerprint density at radius 2 is 2.04 bits per heavy atom. The van der Waals surface area contributed by atoms with Crippen LogP contribution in [0.2, 0.25) is 0 Å². The molecule has 130 valence electrons. The Bertz CT molecular complexity index is 735. The summed E-state index contributed by atoms with van der Waals surface area (Å²) >= 11 is 0. The van der Waals surface area contributed by atoms with Crippen LogP contribution in [0.3, 0.4) is 0 Å². The number of nitrogens with zero attached hydrogens (tertiary/aromatic N) is 3. The summed E-state index contributed by atoms with van der Waals surface area (Å²) < 4.78 is 5.98. The van der Waals surface area contributed by atoms with Gasteiger partial charge >= 0.3 is 0 Å². The van der Waals surface area contributed by atoms with Crippen LogP contribution in [0.1, 0.15) is 22.3 Å². The Balaban J connectivity index is 1.28. The van der Waals surface area contributed by atoms with Gasteiger partial charge in [0, 0.05) is 44.5 Å². The van der Waals surface area contributed by atoms with Crippen molar-refractivity contribution in [2.45, 2.75) is 18.9 Å². The molecule has 1 fully saturated rings. The Morgan fingerprint density at radius 3 is 2.92 bits per heavy atom. The van der Waals surface area contributed by atoms with Crippen LogP contribution < -0.4 is 4.74 Å². The maximum absolute atomic E-state index is 12.6. The van der Waals surface area contributed by atoms with Crippen molar-refractivity contribution in [3.63, 3.8) is 0 Å². The van der Waals surface area contributed by atoms with Crippen LogP contribution in [0.5, 0.6) is 5.75 Å². The first-order valence-electron chi connectivity index (χ1n) is 8.96. The molecule has 25 heavy (non-hydrogen) atoms. The zero-order chi connectivity index (χ0) is 17.1. The van der Waals surface area contributed by atoms with Crippen molar-refractivity contribution in [1.29, 1.82) is 0 Å². The largest absolute Gasteiger partial charge is 0.487 e. The van der Waals surface area contributed by atoms with Gasteiger partial charge in [-0.05, 0) is 36.6 Å². The van der Waals surface area contributed by atoms with E-state index < -0.39 is 0 Å². The molecule has 0 saturated carbocycles. The van der Waals surface area contributed by atoms with E-state index in [0.717, 1.165) is 56.9 Å². The highest BCUT2D eigenvalue weighted by atomic mass is 16.5. The van der Waals surface area contributed by atoms with Gasteiger partial charge in [-0.2, -0.15) is 0 Å². The van der Waals surface area contributed by atoms with Crippen molar-refractivity contribution in [3.05, 3.63) is 59.9 Å².